The fraction of sp³-hybridized carbons (Fsp3) is 0.647. The molecule has 0 amide bonds. The molecule has 2 aliphatic rings. The maximum atomic E-state index is 6.08. The molecule has 0 bridgehead atoms. The smallest absolute Gasteiger partial charge is 0.142 e. The van der Waals surface area contributed by atoms with Gasteiger partial charge >= 0.3 is 0 Å². The number of para-hydroxylation sites is 2. The quantitative estimate of drug-likeness (QED) is 0.923. The molecule has 1 N–H and O–H groups in total. The molecule has 0 spiro atoms. The Labute approximate surface area is 127 Å². The van der Waals surface area contributed by atoms with Gasteiger partial charge in [-0.3, -0.25) is 0 Å². The number of nitrogens with one attached hydrogen (secondary N) is 1. The van der Waals surface area contributed by atoms with E-state index < -0.39 is 0 Å². The predicted octanol–water partition coefficient (Wildman–Crippen LogP) is 2.43. The van der Waals surface area contributed by atoms with Gasteiger partial charge in [-0.05, 0) is 44.4 Å². The fourth-order valence-corrected chi connectivity index (χ4v) is 3.05. The Hall–Kier alpha value is -1.26. The van der Waals surface area contributed by atoms with E-state index >= 15 is 0 Å². The van der Waals surface area contributed by atoms with E-state index in [0.29, 0.717) is 6.61 Å². The summed E-state index contributed by atoms with van der Waals surface area (Å²) in [6.45, 7) is 5.83. The maximum Gasteiger partial charge on any atom is 0.142 e. The van der Waals surface area contributed by atoms with Gasteiger partial charge in [0.2, 0.25) is 0 Å². The zero-order valence-corrected chi connectivity index (χ0v) is 12.7. The number of benzene rings is 1. The number of nitrogens with zero attached hydrogens (tertiary/aromatic N) is 1. The SMILES string of the molecule is c1ccc(N2CCCNCC2)c(OCC2CCCCO2)c1. The highest BCUT2D eigenvalue weighted by Gasteiger charge is 2.17. The van der Waals surface area contributed by atoms with Crippen molar-refractivity contribution >= 4 is 5.69 Å². The van der Waals surface area contributed by atoms with Crippen LogP contribution in [0.4, 0.5) is 5.69 Å². The van der Waals surface area contributed by atoms with Crippen molar-refractivity contribution < 1.29 is 9.47 Å². The van der Waals surface area contributed by atoms with Crippen molar-refractivity contribution in [3.8, 4) is 5.75 Å². The summed E-state index contributed by atoms with van der Waals surface area (Å²) in [4.78, 5) is 2.43. The molecule has 0 radical (unpaired) electrons. The van der Waals surface area contributed by atoms with Crippen molar-refractivity contribution in [3.63, 3.8) is 0 Å². The maximum absolute atomic E-state index is 6.08. The molecule has 21 heavy (non-hydrogen) atoms. The van der Waals surface area contributed by atoms with E-state index in [1.54, 1.807) is 0 Å². The van der Waals surface area contributed by atoms with Gasteiger partial charge in [-0.1, -0.05) is 12.1 Å². The molecule has 116 valence electrons. The van der Waals surface area contributed by atoms with E-state index in [0.717, 1.165) is 45.0 Å². The van der Waals surface area contributed by atoms with E-state index in [1.807, 2.05) is 0 Å². The molecule has 1 atom stereocenters. The molecule has 4 nitrogen and oxygen atoms in total. The molecule has 0 saturated carbocycles. The summed E-state index contributed by atoms with van der Waals surface area (Å²) < 4.78 is 11.8. The Morgan fingerprint density at radius 3 is 3.00 bits per heavy atom. The summed E-state index contributed by atoms with van der Waals surface area (Å²) in [5.41, 5.74) is 1.22. The van der Waals surface area contributed by atoms with Gasteiger partial charge < -0.3 is 19.7 Å². The number of rotatable bonds is 4. The normalized spacial score (nSPS) is 23.6. The molecule has 2 aliphatic heterocycles. The van der Waals surface area contributed by atoms with Crippen molar-refractivity contribution in [2.24, 2.45) is 0 Å². The second kappa shape index (κ2) is 7.66. The monoisotopic (exact) mass is 290 g/mol. The molecular formula is C17H26N2O2. The molecule has 4 heteroatoms. The van der Waals surface area contributed by atoms with Crippen molar-refractivity contribution in [2.75, 3.05) is 44.3 Å². The van der Waals surface area contributed by atoms with Gasteiger partial charge in [-0.15, -0.1) is 0 Å². The van der Waals surface area contributed by atoms with Crippen LogP contribution < -0.4 is 15.0 Å². The summed E-state index contributed by atoms with van der Waals surface area (Å²) in [5.74, 6) is 0.994. The zero-order chi connectivity index (χ0) is 14.3. The third-order valence-electron chi connectivity index (χ3n) is 4.24. The van der Waals surface area contributed by atoms with E-state index in [-0.39, 0.29) is 6.10 Å². The third-order valence-corrected chi connectivity index (χ3v) is 4.24. The van der Waals surface area contributed by atoms with Crippen LogP contribution in [0.15, 0.2) is 24.3 Å². The minimum atomic E-state index is 0.262. The highest BCUT2D eigenvalue weighted by Crippen LogP contribution is 2.29. The van der Waals surface area contributed by atoms with E-state index in [1.165, 1.54) is 24.9 Å². The van der Waals surface area contributed by atoms with Crippen molar-refractivity contribution in [2.45, 2.75) is 31.8 Å². The molecular weight excluding hydrogens is 264 g/mol. The van der Waals surface area contributed by atoms with Crippen LogP contribution in [-0.2, 0) is 4.74 Å². The standard InChI is InChI=1S/C17H26N2O2/c1-2-8-17(21-14-15-6-3-4-13-20-15)16(7-1)19-11-5-9-18-10-12-19/h1-2,7-8,15,18H,3-6,9-14H2. The van der Waals surface area contributed by atoms with Crippen LogP contribution in [0.3, 0.4) is 0 Å². The molecule has 0 aromatic heterocycles. The third kappa shape index (κ3) is 4.11. The fourth-order valence-electron chi connectivity index (χ4n) is 3.05. The summed E-state index contributed by atoms with van der Waals surface area (Å²) in [6.07, 6.45) is 5.01. The molecule has 3 rings (SSSR count). The lowest BCUT2D eigenvalue weighted by Gasteiger charge is -2.27. The molecule has 2 fully saturated rings. The average molecular weight is 290 g/mol. The van der Waals surface area contributed by atoms with Crippen molar-refractivity contribution in [1.82, 2.24) is 5.32 Å². The number of anilines is 1. The largest absolute Gasteiger partial charge is 0.489 e. The molecule has 1 aromatic carbocycles. The van der Waals surface area contributed by atoms with Crippen LogP contribution in [0.2, 0.25) is 0 Å². The first-order chi connectivity index (χ1) is 10.4. The lowest BCUT2D eigenvalue weighted by Crippen LogP contribution is -2.29. The van der Waals surface area contributed by atoms with Crippen LogP contribution in [0, 0.1) is 0 Å². The highest BCUT2D eigenvalue weighted by atomic mass is 16.5. The lowest BCUT2D eigenvalue weighted by molar-refractivity contribution is -0.0109. The Bertz CT molecular complexity index is 425. The number of ether oxygens (including phenoxy) is 2. The second-order valence-corrected chi connectivity index (χ2v) is 5.86. The van der Waals surface area contributed by atoms with Crippen LogP contribution in [-0.4, -0.2) is 45.5 Å². The first-order valence-electron chi connectivity index (χ1n) is 8.22. The van der Waals surface area contributed by atoms with Gasteiger partial charge in [0.05, 0.1) is 11.8 Å². The summed E-state index contributed by atoms with van der Waals surface area (Å²) >= 11 is 0. The van der Waals surface area contributed by atoms with Gasteiger partial charge in [0.1, 0.15) is 12.4 Å². The lowest BCUT2D eigenvalue weighted by atomic mass is 10.1. The molecule has 1 unspecified atom stereocenters. The van der Waals surface area contributed by atoms with Crippen LogP contribution in [0.5, 0.6) is 5.75 Å². The summed E-state index contributed by atoms with van der Waals surface area (Å²) in [6, 6.07) is 8.40. The van der Waals surface area contributed by atoms with Gasteiger partial charge in [0.15, 0.2) is 0 Å². The molecule has 2 saturated heterocycles. The highest BCUT2D eigenvalue weighted by molar-refractivity contribution is 5.58. The first kappa shape index (κ1) is 14.7. The average Bonchev–Trinajstić information content (AvgIpc) is 2.83. The summed E-state index contributed by atoms with van der Waals surface area (Å²) in [7, 11) is 0. The van der Waals surface area contributed by atoms with Crippen LogP contribution in [0.1, 0.15) is 25.7 Å². The minimum absolute atomic E-state index is 0.262. The van der Waals surface area contributed by atoms with Crippen molar-refractivity contribution in [3.05, 3.63) is 24.3 Å². The Morgan fingerprint density at radius 1 is 1.14 bits per heavy atom. The van der Waals surface area contributed by atoms with Gasteiger partial charge in [-0.2, -0.15) is 0 Å². The van der Waals surface area contributed by atoms with Crippen molar-refractivity contribution in [1.29, 1.82) is 0 Å². The minimum Gasteiger partial charge on any atom is -0.489 e. The Balaban J connectivity index is 1.63. The first-order valence-corrected chi connectivity index (χ1v) is 8.22. The van der Waals surface area contributed by atoms with E-state index in [9.17, 15) is 0 Å². The zero-order valence-electron chi connectivity index (χ0n) is 12.7. The Kier molecular flexibility index (Phi) is 5.35. The molecule has 2 heterocycles. The summed E-state index contributed by atoms with van der Waals surface area (Å²) in [5, 5.41) is 3.45. The van der Waals surface area contributed by atoms with Gasteiger partial charge in [0, 0.05) is 26.2 Å². The number of hydrogen-bond acceptors (Lipinski definition) is 4. The predicted molar refractivity (Wildman–Crippen MR) is 85.2 cm³/mol. The van der Waals surface area contributed by atoms with Gasteiger partial charge in [-0.25, -0.2) is 0 Å². The molecule has 0 aliphatic carbocycles. The van der Waals surface area contributed by atoms with Crippen LogP contribution >= 0.6 is 0 Å². The topological polar surface area (TPSA) is 33.7 Å². The van der Waals surface area contributed by atoms with Crippen LogP contribution in [0.25, 0.3) is 0 Å². The van der Waals surface area contributed by atoms with E-state index in [2.05, 4.69) is 34.5 Å². The second-order valence-electron chi connectivity index (χ2n) is 5.86. The Morgan fingerprint density at radius 2 is 2.10 bits per heavy atom. The van der Waals surface area contributed by atoms with Gasteiger partial charge in [0.25, 0.3) is 0 Å². The van der Waals surface area contributed by atoms with E-state index in [4.69, 9.17) is 9.47 Å². The molecule has 1 aromatic rings. The number of hydrogen-bond donors (Lipinski definition) is 1.